The van der Waals surface area contributed by atoms with E-state index in [1.165, 1.54) is 42.6 Å². The number of halogens is 1. The highest BCUT2D eigenvalue weighted by atomic mass is 32.2. The summed E-state index contributed by atoms with van der Waals surface area (Å²) >= 11 is 1.33. The van der Waals surface area contributed by atoms with Gasteiger partial charge in [0.25, 0.3) is 0 Å². The van der Waals surface area contributed by atoms with E-state index in [2.05, 4.69) is 5.18 Å². The van der Waals surface area contributed by atoms with Crippen LogP contribution in [-0.2, 0) is 21.2 Å². The molecule has 0 saturated carbocycles. The molecular weight excluding hydrogens is 457 g/mol. The van der Waals surface area contributed by atoms with Gasteiger partial charge in [-0.3, -0.25) is 0 Å². The number of morpholine rings is 1. The number of aliphatic hydroxyl groups is 1. The Morgan fingerprint density at radius 2 is 2.00 bits per heavy atom. The number of hydrogen-bond donors (Lipinski definition) is 1. The van der Waals surface area contributed by atoms with Crippen LogP contribution in [0.3, 0.4) is 0 Å². The van der Waals surface area contributed by atoms with Crippen molar-refractivity contribution in [3.8, 4) is 0 Å². The van der Waals surface area contributed by atoms with Crippen molar-refractivity contribution in [1.29, 1.82) is 0 Å². The van der Waals surface area contributed by atoms with Gasteiger partial charge in [-0.2, -0.15) is 9.21 Å². The summed E-state index contributed by atoms with van der Waals surface area (Å²) in [6, 6.07) is 4.79. The fourth-order valence-corrected chi connectivity index (χ4v) is 7.58. The van der Waals surface area contributed by atoms with Crippen LogP contribution in [0.15, 0.2) is 34.3 Å². The number of ether oxygens (including phenoxy) is 1. The molecule has 4 rings (SSSR count). The predicted octanol–water partition coefficient (Wildman–Crippen LogP) is 3.22. The molecule has 2 aromatic rings. The van der Waals surface area contributed by atoms with E-state index in [9.17, 15) is 22.8 Å². The quantitative estimate of drug-likeness (QED) is 0.607. The van der Waals surface area contributed by atoms with E-state index in [0.29, 0.717) is 61.7 Å². The van der Waals surface area contributed by atoms with Gasteiger partial charge < -0.3 is 14.7 Å². The Bertz CT molecular complexity index is 1070. The molecule has 2 heterocycles. The van der Waals surface area contributed by atoms with Crippen LogP contribution in [0.1, 0.15) is 41.0 Å². The van der Waals surface area contributed by atoms with Crippen molar-refractivity contribution in [1.82, 2.24) is 4.31 Å². The van der Waals surface area contributed by atoms with Crippen LogP contribution in [0, 0.1) is 10.7 Å². The highest BCUT2D eigenvalue weighted by Gasteiger charge is 2.38. The Labute approximate surface area is 190 Å². The summed E-state index contributed by atoms with van der Waals surface area (Å²) in [4.78, 5) is 14.4. The number of rotatable bonds is 7. The molecule has 2 unspecified atom stereocenters. The lowest BCUT2D eigenvalue weighted by Gasteiger charge is -2.29. The monoisotopic (exact) mass is 483 g/mol. The number of anilines is 1. The van der Waals surface area contributed by atoms with E-state index >= 15 is 0 Å². The number of likely N-dealkylation sites (N-methyl/N-ethyl adjacent to an activating group) is 1. The number of fused-ring (bicyclic) bond motifs is 1. The molecule has 0 bridgehead atoms. The Balaban J connectivity index is 1.70. The number of nitroso groups, excluding NO2 is 1. The molecule has 32 heavy (non-hydrogen) atoms. The van der Waals surface area contributed by atoms with Crippen LogP contribution < -0.4 is 4.90 Å². The zero-order valence-corrected chi connectivity index (χ0v) is 19.4. The smallest absolute Gasteiger partial charge is 0.246 e. The average Bonchev–Trinajstić information content (AvgIpc) is 3.20. The van der Waals surface area contributed by atoms with Crippen molar-refractivity contribution in [2.45, 2.75) is 36.3 Å². The molecule has 1 aromatic heterocycles. The molecular formula is C21H26FN3O5S2. The van der Waals surface area contributed by atoms with E-state index in [1.807, 2.05) is 4.90 Å². The van der Waals surface area contributed by atoms with Gasteiger partial charge in [0.2, 0.25) is 10.0 Å². The van der Waals surface area contributed by atoms with Gasteiger partial charge in [-0.05, 0) is 42.5 Å². The largest absolute Gasteiger partial charge is 0.387 e. The first-order valence-corrected chi connectivity index (χ1v) is 12.8. The van der Waals surface area contributed by atoms with Crippen LogP contribution in [0.5, 0.6) is 0 Å². The highest BCUT2D eigenvalue weighted by Crippen LogP contribution is 2.48. The minimum atomic E-state index is -3.98. The Morgan fingerprint density at radius 3 is 2.66 bits per heavy atom. The maximum absolute atomic E-state index is 13.7. The first-order valence-electron chi connectivity index (χ1n) is 10.5. The summed E-state index contributed by atoms with van der Waals surface area (Å²) in [5, 5.41) is 14.4. The number of hydrogen-bond acceptors (Lipinski definition) is 8. The van der Waals surface area contributed by atoms with Gasteiger partial charge in [-0.1, -0.05) is 17.3 Å². The number of benzene rings is 1. The molecule has 0 radical (unpaired) electrons. The van der Waals surface area contributed by atoms with Crippen LogP contribution >= 0.6 is 11.3 Å². The molecule has 11 heteroatoms. The molecule has 1 aromatic carbocycles. The topological polar surface area (TPSA) is 99.5 Å². The molecule has 1 aliphatic carbocycles. The lowest BCUT2D eigenvalue weighted by molar-refractivity contribution is 0.123. The maximum Gasteiger partial charge on any atom is 0.246 e. The van der Waals surface area contributed by atoms with E-state index in [0.717, 1.165) is 9.18 Å². The van der Waals surface area contributed by atoms with Crippen molar-refractivity contribution in [3.63, 3.8) is 0 Å². The van der Waals surface area contributed by atoms with E-state index < -0.39 is 28.0 Å². The van der Waals surface area contributed by atoms with Gasteiger partial charge in [-0.15, -0.1) is 11.3 Å². The summed E-state index contributed by atoms with van der Waals surface area (Å²) in [6.07, 6.45) is 0.747. The summed E-state index contributed by atoms with van der Waals surface area (Å²) in [5.41, 5.74) is 1.09. The first kappa shape index (κ1) is 23.2. The van der Waals surface area contributed by atoms with Crippen LogP contribution in [0.25, 0.3) is 0 Å². The average molecular weight is 484 g/mol. The van der Waals surface area contributed by atoms with Crippen LogP contribution in [0.2, 0.25) is 0 Å². The highest BCUT2D eigenvalue weighted by molar-refractivity contribution is 7.89. The van der Waals surface area contributed by atoms with Gasteiger partial charge in [0.15, 0.2) is 0 Å². The standard InChI is InChI=1S/C21H26FN3O5S2/c1-24(13-18(26)14-5-7-15(22)8-6-14)32(28,29)20-16-3-2-4-17(23-27)19(16)31-21(20)25-9-11-30-12-10-25/h5-8,17-18,26H,2-4,9-13H2,1H3. The molecule has 0 amide bonds. The summed E-state index contributed by atoms with van der Waals surface area (Å²) < 4.78 is 47.2. The first-order chi connectivity index (χ1) is 15.3. The molecule has 2 aliphatic rings. The zero-order chi connectivity index (χ0) is 22.9. The minimum absolute atomic E-state index is 0.184. The molecule has 0 spiro atoms. The number of nitrogens with zero attached hydrogens (tertiary/aromatic N) is 3. The van der Waals surface area contributed by atoms with Crippen molar-refractivity contribution in [2.24, 2.45) is 5.18 Å². The lowest BCUT2D eigenvalue weighted by atomic mass is 9.95. The normalized spacial score (nSPS) is 20.2. The van der Waals surface area contributed by atoms with Crippen LogP contribution in [-0.4, -0.2) is 57.7 Å². The minimum Gasteiger partial charge on any atom is -0.387 e. The van der Waals surface area contributed by atoms with E-state index in [4.69, 9.17) is 4.74 Å². The molecule has 8 nitrogen and oxygen atoms in total. The molecule has 1 saturated heterocycles. The van der Waals surface area contributed by atoms with Gasteiger partial charge in [0.1, 0.15) is 21.8 Å². The summed E-state index contributed by atoms with van der Waals surface area (Å²) in [7, 11) is -2.55. The summed E-state index contributed by atoms with van der Waals surface area (Å²) in [5.74, 6) is -0.430. The predicted molar refractivity (Wildman–Crippen MR) is 120 cm³/mol. The van der Waals surface area contributed by atoms with Gasteiger partial charge in [0, 0.05) is 31.6 Å². The van der Waals surface area contributed by atoms with E-state index in [-0.39, 0.29) is 11.4 Å². The third-order valence-electron chi connectivity index (χ3n) is 5.96. The molecule has 174 valence electrons. The molecule has 1 fully saturated rings. The van der Waals surface area contributed by atoms with Crippen molar-refractivity contribution in [2.75, 3.05) is 44.8 Å². The Hall–Kier alpha value is -1.92. The number of sulfonamides is 1. The number of aliphatic hydroxyl groups excluding tert-OH is 1. The SMILES string of the molecule is CN(CC(O)c1ccc(F)cc1)S(=O)(=O)c1c(N2CCOCC2)sc2c1CCCC2N=O. The fourth-order valence-electron chi connectivity index (χ4n) is 4.19. The van der Waals surface area contributed by atoms with Crippen molar-refractivity contribution >= 4 is 26.4 Å². The summed E-state index contributed by atoms with van der Waals surface area (Å²) in [6.45, 7) is 1.93. The van der Waals surface area contributed by atoms with Gasteiger partial charge in [-0.25, -0.2) is 12.8 Å². The Morgan fingerprint density at radius 1 is 1.31 bits per heavy atom. The fraction of sp³-hybridized carbons (Fsp3) is 0.524. The molecule has 2 atom stereocenters. The molecule has 1 N–H and O–H groups in total. The van der Waals surface area contributed by atoms with Gasteiger partial charge >= 0.3 is 0 Å². The van der Waals surface area contributed by atoms with E-state index in [1.54, 1.807) is 0 Å². The van der Waals surface area contributed by atoms with Crippen molar-refractivity contribution < 1.29 is 22.7 Å². The second-order valence-corrected chi connectivity index (χ2v) is 11.1. The van der Waals surface area contributed by atoms with Crippen LogP contribution in [0.4, 0.5) is 9.39 Å². The molecule has 1 aliphatic heterocycles. The maximum atomic E-state index is 13.7. The lowest BCUT2D eigenvalue weighted by Crippen LogP contribution is -2.38. The second-order valence-electron chi connectivity index (χ2n) is 8.04. The van der Waals surface area contributed by atoms with Gasteiger partial charge in [0.05, 0.1) is 19.3 Å². The zero-order valence-electron chi connectivity index (χ0n) is 17.7. The third kappa shape index (κ3) is 4.44. The second kappa shape index (κ2) is 9.52. The number of thiophene rings is 1. The Kier molecular flexibility index (Phi) is 6.91. The van der Waals surface area contributed by atoms with Crippen molar-refractivity contribution in [3.05, 3.63) is 51.0 Å². The third-order valence-corrected chi connectivity index (χ3v) is 9.41.